The number of carbonyl (C=O) groups excluding carboxylic acids is 1. The van der Waals surface area contributed by atoms with E-state index in [1.54, 1.807) is 12.1 Å². The van der Waals surface area contributed by atoms with Crippen LogP contribution in [0.25, 0.3) is 11.1 Å². The average Bonchev–Trinajstić information content (AvgIpc) is 2.95. The summed E-state index contributed by atoms with van der Waals surface area (Å²) in [6.45, 7) is 1.44. The number of hydrogen-bond acceptors (Lipinski definition) is 6. The lowest BCUT2D eigenvalue weighted by Gasteiger charge is -2.18. The van der Waals surface area contributed by atoms with Crippen LogP contribution in [0.15, 0.2) is 29.1 Å². The second-order valence-corrected chi connectivity index (χ2v) is 6.70. The van der Waals surface area contributed by atoms with Gasteiger partial charge in [-0.05, 0) is 47.7 Å². The normalized spacial score (nSPS) is 14.5. The zero-order valence-corrected chi connectivity index (χ0v) is 16.8. The predicted molar refractivity (Wildman–Crippen MR) is 107 cm³/mol. The fraction of sp³-hybridized carbons (Fsp3) is 0.318. The molecule has 0 spiro atoms. The Hall–Kier alpha value is -3.53. The summed E-state index contributed by atoms with van der Waals surface area (Å²) in [6, 6.07) is 8.44. The molecule has 150 valence electrons. The Labute approximate surface area is 168 Å². The van der Waals surface area contributed by atoms with E-state index < -0.39 is 0 Å². The van der Waals surface area contributed by atoms with Gasteiger partial charge in [0.05, 0.1) is 27.4 Å². The molecule has 2 aromatic rings. The van der Waals surface area contributed by atoms with E-state index >= 15 is 0 Å². The predicted octanol–water partition coefficient (Wildman–Crippen LogP) is 2.73. The second kappa shape index (κ2) is 8.23. The Morgan fingerprint density at radius 1 is 1.14 bits per heavy atom. The van der Waals surface area contributed by atoms with Crippen LogP contribution in [0.5, 0.6) is 17.2 Å². The van der Waals surface area contributed by atoms with E-state index in [0.717, 1.165) is 5.56 Å². The van der Waals surface area contributed by atoms with Gasteiger partial charge in [0.1, 0.15) is 23.1 Å². The minimum Gasteiger partial charge on any atom is -0.495 e. The third-order valence-corrected chi connectivity index (χ3v) is 5.05. The van der Waals surface area contributed by atoms with Crippen LogP contribution < -0.4 is 25.0 Å². The monoisotopic (exact) mass is 394 g/mol. The fourth-order valence-corrected chi connectivity index (χ4v) is 3.81. The summed E-state index contributed by atoms with van der Waals surface area (Å²) in [4.78, 5) is 24.4. The minimum atomic E-state index is -0.374. The first-order valence-corrected chi connectivity index (χ1v) is 9.12. The summed E-state index contributed by atoms with van der Waals surface area (Å²) in [5, 5.41) is 12.6. The molecule has 2 aromatic carbocycles. The largest absolute Gasteiger partial charge is 0.495 e. The summed E-state index contributed by atoms with van der Waals surface area (Å²) in [5.74, 6) is 0.795. The van der Waals surface area contributed by atoms with Crippen molar-refractivity contribution in [3.8, 4) is 34.4 Å². The Morgan fingerprint density at radius 3 is 2.45 bits per heavy atom. The standard InChI is InChI=1S/C22H22N2O5/c1-12(25)24-17-7-5-13-9-20(28-3)16(11-23)22(29-4)21(13)14-6-8-19(27-2)18(26)10-15(14)17/h6,8-10,17H,5,7H2,1-4H3,(H,24,25)/t17-/m0/s1. The van der Waals surface area contributed by atoms with Gasteiger partial charge >= 0.3 is 0 Å². The molecule has 1 aliphatic rings. The highest BCUT2D eigenvalue weighted by Crippen LogP contribution is 2.46. The van der Waals surface area contributed by atoms with Crippen LogP contribution in [0.2, 0.25) is 0 Å². The smallest absolute Gasteiger partial charge is 0.220 e. The molecule has 0 radical (unpaired) electrons. The minimum absolute atomic E-state index is 0.189. The quantitative estimate of drug-likeness (QED) is 0.856. The van der Waals surface area contributed by atoms with Crippen LogP contribution in [0.1, 0.15) is 36.1 Å². The first kappa shape index (κ1) is 20.2. The summed E-state index contributed by atoms with van der Waals surface area (Å²) in [7, 11) is 4.43. The van der Waals surface area contributed by atoms with Gasteiger partial charge in [-0.15, -0.1) is 0 Å². The number of nitrogens with one attached hydrogen (secondary N) is 1. The summed E-state index contributed by atoms with van der Waals surface area (Å²) in [6.07, 6.45) is 1.17. The number of amides is 1. The van der Waals surface area contributed by atoms with E-state index in [1.807, 2.05) is 6.07 Å². The molecule has 3 rings (SSSR count). The topological polar surface area (TPSA) is 97.7 Å². The number of nitriles is 1. The zero-order valence-electron chi connectivity index (χ0n) is 16.8. The Morgan fingerprint density at radius 2 is 1.86 bits per heavy atom. The number of fused-ring (bicyclic) bond motifs is 3. The molecule has 0 aromatic heterocycles. The number of rotatable bonds is 4. The number of carbonyl (C=O) groups is 1. The van der Waals surface area contributed by atoms with E-state index in [2.05, 4.69) is 11.4 Å². The highest BCUT2D eigenvalue weighted by molar-refractivity contribution is 5.83. The molecular formula is C22H22N2O5. The Kier molecular flexibility index (Phi) is 5.74. The number of aryl methyl sites for hydroxylation is 1. The van der Waals surface area contributed by atoms with Gasteiger partial charge in [-0.25, -0.2) is 0 Å². The van der Waals surface area contributed by atoms with E-state index in [9.17, 15) is 14.9 Å². The highest BCUT2D eigenvalue weighted by Gasteiger charge is 2.29. The summed E-state index contributed by atoms with van der Waals surface area (Å²) >= 11 is 0. The van der Waals surface area contributed by atoms with Crippen molar-refractivity contribution in [1.29, 1.82) is 5.26 Å². The lowest BCUT2D eigenvalue weighted by Crippen LogP contribution is -2.26. The average molecular weight is 394 g/mol. The first-order chi connectivity index (χ1) is 13.9. The molecule has 7 nitrogen and oxygen atoms in total. The molecule has 0 unspecified atom stereocenters. The van der Waals surface area contributed by atoms with Crippen molar-refractivity contribution < 1.29 is 19.0 Å². The number of nitrogens with zero attached hydrogens (tertiary/aromatic N) is 1. The van der Waals surface area contributed by atoms with Gasteiger partial charge in [0.2, 0.25) is 11.3 Å². The molecule has 0 bridgehead atoms. The van der Waals surface area contributed by atoms with Gasteiger partial charge in [-0.3, -0.25) is 9.59 Å². The van der Waals surface area contributed by atoms with Crippen molar-refractivity contribution in [3.05, 3.63) is 51.2 Å². The van der Waals surface area contributed by atoms with Crippen LogP contribution in [-0.4, -0.2) is 27.2 Å². The lowest BCUT2D eigenvalue weighted by molar-refractivity contribution is -0.119. The zero-order chi connectivity index (χ0) is 21.1. The molecule has 0 saturated carbocycles. The maximum Gasteiger partial charge on any atom is 0.220 e. The number of benzene rings is 1. The van der Waals surface area contributed by atoms with Crippen molar-refractivity contribution in [2.45, 2.75) is 25.8 Å². The van der Waals surface area contributed by atoms with Crippen molar-refractivity contribution in [2.75, 3.05) is 21.3 Å². The van der Waals surface area contributed by atoms with Gasteiger partial charge in [0.15, 0.2) is 5.75 Å². The molecule has 29 heavy (non-hydrogen) atoms. The van der Waals surface area contributed by atoms with Crippen molar-refractivity contribution >= 4 is 5.91 Å². The fourth-order valence-electron chi connectivity index (χ4n) is 3.81. The molecule has 0 aliphatic heterocycles. The van der Waals surface area contributed by atoms with E-state index in [0.29, 0.717) is 41.0 Å². The highest BCUT2D eigenvalue weighted by atomic mass is 16.5. The van der Waals surface area contributed by atoms with Crippen LogP contribution in [-0.2, 0) is 11.2 Å². The molecule has 1 N–H and O–H groups in total. The first-order valence-electron chi connectivity index (χ1n) is 9.12. The van der Waals surface area contributed by atoms with E-state index in [4.69, 9.17) is 14.2 Å². The van der Waals surface area contributed by atoms with Crippen LogP contribution in [0.4, 0.5) is 0 Å². The summed E-state index contributed by atoms with van der Waals surface area (Å²) in [5.41, 5.74) is 2.96. The maximum atomic E-state index is 12.6. The molecule has 1 aliphatic carbocycles. The second-order valence-electron chi connectivity index (χ2n) is 6.70. The molecule has 0 saturated heterocycles. The van der Waals surface area contributed by atoms with Gasteiger partial charge in [0.25, 0.3) is 0 Å². The Bertz CT molecular complexity index is 1070. The van der Waals surface area contributed by atoms with Gasteiger partial charge in [0, 0.05) is 12.5 Å². The molecule has 7 heteroatoms. The van der Waals surface area contributed by atoms with Crippen molar-refractivity contribution in [2.24, 2.45) is 0 Å². The number of ether oxygens (including phenoxy) is 3. The van der Waals surface area contributed by atoms with E-state index in [1.165, 1.54) is 34.3 Å². The van der Waals surface area contributed by atoms with Gasteiger partial charge in [-0.2, -0.15) is 5.26 Å². The van der Waals surface area contributed by atoms with Crippen LogP contribution in [0.3, 0.4) is 0 Å². The summed E-state index contributed by atoms with van der Waals surface area (Å²) < 4.78 is 16.2. The van der Waals surface area contributed by atoms with E-state index in [-0.39, 0.29) is 28.7 Å². The van der Waals surface area contributed by atoms with Crippen LogP contribution >= 0.6 is 0 Å². The van der Waals surface area contributed by atoms with Gasteiger partial charge < -0.3 is 19.5 Å². The maximum absolute atomic E-state index is 12.6. The van der Waals surface area contributed by atoms with Crippen molar-refractivity contribution in [3.63, 3.8) is 0 Å². The third-order valence-electron chi connectivity index (χ3n) is 5.05. The third kappa shape index (κ3) is 3.61. The molecular weight excluding hydrogens is 372 g/mol. The van der Waals surface area contributed by atoms with Crippen LogP contribution in [0, 0.1) is 11.3 Å². The molecule has 0 heterocycles. The Balaban J connectivity index is 2.44. The van der Waals surface area contributed by atoms with Gasteiger partial charge in [-0.1, -0.05) is 6.07 Å². The SMILES string of the molecule is COc1cc2c(c(OC)c1C#N)-c1ccc(OC)c(=O)cc1[C@@H](NC(C)=O)CC2. The van der Waals surface area contributed by atoms with Crippen molar-refractivity contribution in [1.82, 2.24) is 5.32 Å². The number of methoxy groups -OCH3 is 3. The lowest BCUT2D eigenvalue weighted by atomic mass is 9.93. The molecule has 1 atom stereocenters. The number of hydrogen-bond donors (Lipinski definition) is 1. The molecule has 1 amide bonds. The molecule has 0 fully saturated rings.